The van der Waals surface area contributed by atoms with Gasteiger partial charge in [-0.3, -0.25) is 4.79 Å². The lowest BCUT2D eigenvalue weighted by Gasteiger charge is -2.12. The molecule has 0 aromatic heterocycles. The van der Waals surface area contributed by atoms with Crippen LogP contribution in [-0.4, -0.2) is 13.0 Å². The number of rotatable bonds is 6. The summed E-state index contributed by atoms with van der Waals surface area (Å²) >= 11 is 12.0. The molecule has 0 radical (unpaired) electrons. The summed E-state index contributed by atoms with van der Waals surface area (Å²) in [5.74, 6) is 0.590. The first-order valence-electron chi connectivity index (χ1n) is 6.72. The Hall–Kier alpha value is -2.17. The van der Waals surface area contributed by atoms with Gasteiger partial charge in [-0.05, 0) is 35.9 Å². The molecule has 2 aromatic rings. The van der Waals surface area contributed by atoms with E-state index >= 15 is 0 Å². The number of amides is 1. The lowest BCUT2D eigenvalue weighted by atomic mass is 10.2. The fraction of sp³-hybridized carbons (Fsp3) is 0.118. The smallest absolute Gasteiger partial charge is 0.241 e. The molecule has 0 unspecified atom stereocenters. The van der Waals surface area contributed by atoms with Crippen molar-refractivity contribution in [2.24, 2.45) is 5.73 Å². The van der Waals surface area contributed by atoms with Crippen molar-refractivity contribution in [2.75, 3.05) is 7.11 Å². The third-order valence-corrected chi connectivity index (χ3v) is 3.61. The summed E-state index contributed by atoms with van der Waals surface area (Å²) in [4.78, 5) is 10.8. The zero-order valence-corrected chi connectivity index (χ0v) is 13.9. The highest BCUT2D eigenvalue weighted by molar-refractivity contribution is 6.35. The quantitative estimate of drug-likeness (QED) is 0.797. The van der Waals surface area contributed by atoms with E-state index in [0.717, 1.165) is 11.1 Å². The fourth-order valence-electron chi connectivity index (χ4n) is 1.88. The highest BCUT2D eigenvalue weighted by atomic mass is 35.5. The summed E-state index contributed by atoms with van der Waals surface area (Å²) < 4.78 is 11.0. The molecule has 0 aliphatic carbocycles. The Morgan fingerprint density at radius 2 is 1.96 bits per heavy atom. The van der Waals surface area contributed by atoms with E-state index in [4.69, 9.17) is 38.4 Å². The van der Waals surface area contributed by atoms with Gasteiger partial charge in [-0.15, -0.1) is 0 Å². The molecule has 0 spiro atoms. The van der Waals surface area contributed by atoms with Crippen molar-refractivity contribution >= 4 is 35.2 Å². The molecular formula is C17H15Cl2NO3. The standard InChI is InChI=1S/C17H15Cl2NO3/c1-22-15-6-2-11(3-7-17(20)21)8-16(15)23-10-12-4-5-13(18)9-14(12)19/h2-9H,10H2,1H3,(H2,20,21)/b7-3+. The predicted octanol–water partition coefficient (Wildman–Crippen LogP) is 4.08. The van der Waals surface area contributed by atoms with Crippen LogP contribution in [0.4, 0.5) is 0 Å². The van der Waals surface area contributed by atoms with E-state index in [2.05, 4.69) is 0 Å². The molecule has 0 fully saturated rings. The molecule has 0 aliphatic rings. The summed E-state index contributed by atoms with van der Waals surface area (Å²) in [6.07, 6.45) is 2.88. The molecule has 0 bridgehead atoms. The number of halogens is 2. The molecular weight excluding hydrogens is 337 g/mol. The fourth-order valence-corrected chi connectivity index (χ4v) is 2.35. The molecule has 2 rings (SSSR count). The SMILES string of the molecule is COc1ccc(/C=C/C(N)=O)cc1OCc1ccc(Cl)cc1Cl. The van der Waals surface area contributed by atoms with E-state index in [-0.39, 0.29) is 6.61 Å². The minimum atomic E-state index is -0.517. The van der Waals surface area contributed by atoms with E-state index in [9.17, 15) is 4.79 Å². The van der Waals surface area contributed by atoms with Crippen LogP contribution < -0.4 is 15.2 Å². The normalized spacial score (nSPS) is 10.7. The summed E-state index contributed by atoms with van der Waals surface area (Å²) in [5, 5.41) is 1.09. The molecule has 0 heterocycles. The van der Waals surface area contributed by atoms with Gasteiger partial charge in [0.1, 0.15) is 6.61 Å². The Kier molecular flexibility index (Phi) is 5.90. The first kappa shape index (κ1) is 17.2. The largest absolute Gasteiger partial charge is 0.493 e. The van der Waals surface area contributed by atoms with Gasteiger partial charge in [0, 0.05) is 21.7 Å². The van der Waals surface area contributed by atoms with Crippen LogP contribution in [0.3, 0.4) is 0 Å². The molecule has 0 saturated heterocycles. The average Bonchev–Trinajstić information content (AvgIpc) is 2.52. The monoisotopic (exact) mass is 351 g/mol. The maximum absolute atomic E-state index is 10.8. The summed E-state index contributed by atoms with van der Waals surface area (Å²) in [6.45, 7) is 0.259. The Morgan fingerprint density at radius 1 is 1.17 bits per heavy atom. The maximum atomic E-state index is 10.8. The summed E-state index contributed by atoms with van der Waals surface area (Å²) in [5.41, 5.74) is 6.66. The van der Waals surface area contributed by atoms with Gasteiger partial charge < -0.3 is 15.2 Å². The lowest BCUT2D eigenvalue weighted by molar-refractivity contribution is -0.113. The number of hydrogen-bond donors (Lipinski definition) is 1. The minimum Gasteiger partial charge on any atom is -0.493 e. The molecule has 2 N–H and O–H groups in total. The van der Waals surface area contributed by atoms with E-state index in [0.29, 0.717) is 21.5 Å². The van der Waals surface area contributed by atoms with Crippen molar-refractivity contribution in [3.05, 3.63) is 63.6 Å². The number of ether oxygens (including phenoxy) is 2. The first-order valence-corrected chi connectivity index (χ1v) is 7.47. The Balaban J connectivity index is 2.20. The molecule has 0 atom stereocenters. The van der Waals surface area contributed by atoms with Crippen LogP contribution in [0, 0.1) is 0 Å². The van der Waals surface area contributed by atoms with Gasteiger partial charge >= 0.3 is 0 Å². The van der Waals surface area contributed by atoms with Crippen LogP contribution in [0.2, 0.25) is 10.0 Å². The predicted molar refractivity (Wildman–Crippen MR) is 92.0 cm³/mol. The molecule has 2 aromatic carbocycles. The van der Waals surface area contributed by atoms with E-state index in [1.807, 2.05) is 0 Å². The second kappa shape index (κ2) is 7.90. The second-order valence-corrected chi connectivity index (χ2v) is 5.51. The number of hydrogen-bond acceptors (Lipinski definition) is 3. The molecule has 23 heavy (non-hydrogen) atoms. The van der Waals surface area contributed by atoms with Crippen LogP contribution in [-0.2, 0) is 11.4 Å². The number of carbonyl (C=O) groups excluding carboxylic acids is 1. The first-order chi connectivity index (χ1) is 11.0. The van der Waals surface area contributed by atoms with Crippen LogP contribution >= 0.6 is 23.2 Å². The third kappa shape index (κ3) is 4.91. The van der Waals surface area contributed by atoms with Crippen LogP contribution in [0.15, 0.2) is 42.5 Å². The van der Waals surface area contributed by atoms with Crippen LogP contribution in [0.1, 0.15) is 11.1 Å². The second-order valence-electron chi connectivity index (χ2n) is 4.67. The van der Waals surface area contributed by atoms with Crippen molar-refractivity contribution in [2.45, 2.75) is 6.61 Å². The third-order valence-electron chi connectivity index (χ3n) is 3.03. The van der Waals surface area contributed by atoms with Crippen LogP contribution in [0.5, 0.6) is 11.5 Å². The molecule has 0 saturated carbocycles. The minimum absolute atomic E-state index is 0.259. The van der Waals surface area contributed by atoms with Gasteiger partial charge in [-0.25, -0.2) is 0 Å². The Morgan fingerprint density at radius 3 is 2.61 bits per heavy atom. The zero-order valence-electron chi connectivity index (χ0n) is 12.4. The van der Waals surface area contributed by atoms with Crippen LogP contribution in [0.25, 0.3) is 6.08 Å². The lowest BCUT2D eigenvalue weighted by Crippen LogP contribution is -2.05. The van der Waals surface area contributed by atoms with Crippen molar-refractivity contribution in [1.29, 1.82) is 0 Å². The number of primary amides is 1. The van der Waals surface area contributed by atoms with Gasteiger partial charge in [0.2, 0.25) is 5.91 Å². The van der Waals surface area contributed by atoms with Crippen molar-refractivity contribution < 1.29 is 14.3 Å². The Bertz CT molecular complexity index is 745. The van der Waals surface area contributed by atoms with Gasteiger partial charge in [-0.1, -0.05) is 35.3 Å². The summed E-state index contributed by atoms with van der Waals surface area (Å²) in [7, 11) is 1.55. The zero-order chi connectivity index (χ0) is 16.8. The topological polar surface area (TPSA) is 61.5 Å². The van der Waals surface area contributed by atoms with Crippen molar-refractivity contribution in [1.82, 2.24) is 0 Å². The highest BCUT2D eigenvalue weighted by Crippen LogP contribution is 2.30. The van der Waals surface area contributed by atoms with Gasteiger partial charge in [0.15, 0.2) is 11.5 Å². The maximum Gasteiger partial charge on any atom is 0.241 e. The van der Waals surface area contributed by atoms with E-state index < -0.39 is 5.91 Å². The molecule has 1 amide bonds. The molecule has 0 aliphatic heterocycles. The molecule has 120 valence electrons. The summed E-state index contributed by atoms with van der Waals surface area (Å²) in [6, 6.07) is 10.5. The average molecular weight is 352 g/mol. The molecule has 6 heteroatoms. The van der Waals surface area contributed by atoms with E-state index in [1.54, 1.807) is 49.6 Å². The van der Waals surface area contributed by atoms with E-state index in [1.165, 1.54) is 6.08 Å². The molecule has 4 nitrogen and oxygen atoms in total. The highest BCUT2D eigenvalue weighted by Gasteiger charge is 2.07. The van der Waals surface area contributed by atoms with Crippen molar-refractivity contribution in [3.8, 4) is 11.5 Å². The van der Waals surface area contributed by atoms with Gasteiger partial charge in [0.05, 0.1) is 7.11 Å². The van der Waals surface area contributed by atoms with Crippen molar-refractivity contribution in [3.63, 3.8) is 0 Å². The van der Waals surface area contributed by atoms with Gasteiger partial charge in [-0.2, -0.15) is 0 Å². The number of methoxy groups -OCH3 is 1. The number of carbonyl (C=O) groups is 1. The Labute approximate surface area is 144 Å². The van der Waals surface area contributed by atoms with Gasteiger partial charge in [0.25, 0.3) is 0 Å². The number of nitrogens with two attached hydrogens (primary N) is 1. The number of benzene rings is 2.